The van der Waals surface area contributed by atoms with Crippen molar-refractivity contribution in [2.45, 2.75) is 50.2 Å². The third-order valence-corrected chi connectivity index (χ3v) is 5.38. The molecule has 0 aromatic heterocycles. The molecule has 0 bridgehead atoms. The fourth-order valence-corrected chi connectivity index (χ4v) is 2.69. The van der Waals surface area contributed by atoms with Gasteiger partial charge in [0.2, 0.25) is 0 Å². The van der Waals surface area contributed by atoms with Crippen LogP contribution in [0.4, 0.5) is 0 Å². The Balaban J connectivity index is 4.38. The van der Waals surface area contributed by atoms with E-state index in [2.05, 4.69) is 6.92 Å². The van der Waals surface area contributed by atoms with E-state index in [1.807, 2.05) is 0 Å². The van der Waals surface area contributed by atoms with E-state index in [0.717, 1.165) is 19.3 Å². The van der Waals surface area contributed by atoms with Crippen LogP contribution in [0.25, 0.3) is 0 Å². The summed E-state index contributed by atoms with van der Waals surface area (Å²) >= 11 is 23.5. The molecule has 0 aliphatic rings. The first kappa shape index (κ1) is 20.5. The van der Waals surface area contributed by atoms with Crippen LogP contribution in [-0.2, 0) is 13.6 Å². The van der Waals surface area contributed by atoms with Crippen molar-refractivity contribution in [3.63, 3.8) is 0 Å². The highest BCUT2D eigenvalue weighted by atomic mass is 35.5. The summed E-state index contributed by atoms with van der Waals surface area (Å²) in [5.74, 6) is 0.212. The molecule has 0 aromatic rings. The molecular weight excluding hydrogens is 353 g/mol. The SMILES string of the molecule is CCCCCOP(OC(C)(Cl)CCl)OC(C)(Cl)CCl. The van der Waals surface area contributed by atoms with Crippen LogP contribution in [0.15, 0.2) is 0 Å². The summed E-state index contributed by atoms with van der Waals surface area (Å²) in [7, 11) is -1.70. The summed E-state index contributed by atoms with van der Waals surface area (Å²) < 4.78 is 16.6. The van der Waals surface area contributed by atoms with Gasteiger partial charge in [-0.1, -0.05) is 43.0 Å². The molecule has 2 atom stereocenters. The topological polar surface area (TPSA) is 27.7 Å². The molecular formula is C11H21Cl4O3P. The first-order valence-electron chi connectivity index (χ1n) is 6.07. The number of rotatable bonds is 11. The summed E-state index contributed by atoms with van der Waals surface area (Å²) in [6, 6.07) is 0. The third kappa shape index (κ3) is 10.8. The fraction of sp³-hybridized carbons (Fsp3) is 1.00. The Bertz CT molecular complexity index is 224. The molecule has 0 N–H and O–H groups in total. The molecule has 0 fully saturated rings. The standard InChI is InChI=1S/C11H21Cl4O3P/c1-4-5-6-7-16-19(17-10(2,14)8-12)18-11(3,15)9-13/h4-9H2,1-3H3. The summed E-state index contributed by atoms with van der Waals surface area (Å²) in [5.41, 5.74) is 0. The van der Waals surface area contributed by atoms with Crippen LogP contribution in [0.3, 0.4) is 0 Å². The zero-order valence-corrected chi connectivity index (χ0v) is 15.3. The van der Waals surface area contributed by atoms with Crippen molar-refractivity contribution in [2.24, 2.45) is 0 Å². The predicted octanol–water partition coefficient (Wildman–Crippen LogP) is 5.84. The van der Waals surface area contributed by atoms with Crippen molar-refractivity contribution < 1.29 is 13.6 Å². The molecule has 8 heteroatoms. The number of halogens is 4. The molecule has 0 rings (SSSR count). The van der Waals surface area contributed by atoms with Gasteiger partial charge in [0.15, 0.2) is 10.1 Å². The smallest absolute Gasteiger partial charge is 0.312 e. The van der Waals surface area contributed by atoms with Crippen LogP contribution in [0.5, 0.6) is 0 Å². The van der Waals surface area contributed by atoms with E-state index in [4.69, 9.17) is 60.0 Å². The zero-order valence-electron chi connectivity index (χ0n) is 11.4. The molecule has 116 valence electrons. The number of hydrogen-bond donors (Lipinski definition) is 0. The molecule has 0 amide bonds. The van der Waals surface area contributed by atoms with Gasteiger partial charge in [0.1, 0.15) is 0 Å². The maximum Gasteiger partial charge on any atom is 0.336 e. The summed E-state index contributed by atoms with van der Waals surface area (Å²) in [6.07, 6.45) is 3.10. The van der Waals surface area contributed by atoms with E-state index < -0.39 is 18.7 Å². The summed E-state index contributed by atoms with van der Waals surface area (Å²) in [6.45, 7) is 5.91. The molecule has 0 aromatic carbocycles. The zero-order chi connectivity index (χ0) is 14.9. The normalized spacial score (nSPS) is 19.7. The Labute approximate surface area is 137 Å². The van der Waals surface area contributed by atoms with E-state index in [1.54, 1.807) is 13.8 Å². The lowest BCUT2D eigenvalue weighted by atomic mass is 10.3. The molecule has 0 spiro atoms. The Morgan fingerprint density at radius 3 is 1.79 bits per heavy atom. The van der Waals surface area contributed by atoms with Crippen LogP contribution in [0.2, 0.25) is 0 Å². The number of hydrogen-bond acceptors (Lipinski definition) is 3. The van der Waals surface area contributed by atoms with Gasteiger partial charge in [0.05, 0.1) is 18.4 Å². The van der Waals surface area contributed by atoms with Crippen molar-refractivity contribution in [3.8, 4) is 0 Å². The van der Waals surface area contributed by atoms with Gasteiger partial charge in [0.25, 0.3) is 0 Å². The first-order valence-corrected chi connectivity index (χ1v) is 8.99. The molecule has 0 saturated heterocycles. The monoisotopic (exact) mass is 372 g/mol. The fourth-order valence-electron chi connectivity index (χ4n) is 0.922. The average Bonchev–Trinajstić information content (AvgIpc) is 2.33. The quantitative estimate of drug-likeness (QED) is 0.258. The minimum Gasteiger partial charge on any atom is -0.312 e. The highest BCUT2D eigenvalue weighted by Gasteiger charge is 2.33. The van der Waals surface area contributed by atoms with Crippen molar-refractivity contribution in [1.29, 1.82) is 0 Å². The number of alkyl halides is 4. The summed E-state index contributed by atoms with van der Waals surface area (Å²) in [4.78, 5) is 0. The first-order chi connectivity index (χ1) is 8.76. The van der Waals surface area contributed by atoms with Crippen LogP contribution in [0, 0.1) is 0 Å². The second-order valence-electron chi connectivity index (χ2n) is 4.42. The van der Waals surface area contributed by atoms with Gasteiger partial charge in [-0.15, -0.1) is 23.2 Å². The van der Waals surface area contributed by atoms with Crippen molar-refractivity contribution in [3.05, 3.63) is 0 Å². The van der Waals surface area contributed by atoms with Crippen LogP contribution >= 0.6 is 55.0 Å². The highest BCUT2D eigenvalue weighted by Crippen LogP contribution is 2.49. The van der Waals surface area contributed by atoms with E-state index in [-0.39, 0.29) is 11.8 Å². The Kier molecular flexibility index (Phi) is 11.0. The molecule has 0 aliphatic carbocycles. The lowest BCUT2D eigenvalue weighted by Gasteiger charge is -2.29. The van der Waals surface area contributed by atoms with Crippen molar-refractivity contribution in [1.82, 2.24) is 0 Å². The third-order valence-electron chi connectivity index (χ3n) is 1.95. The molecule has 19 heavy (non-hydrogen) atoms. The number of unbranched alkanes of at least 4 members (excludes halogenated alkanes) is 2. The van der Waals surface area contributed by atoms with Gasteiger partial charge in [-0.2, -0.15) is 0 Å². The minimum absolute atomic E-state index is 0.106. The van der Waals surface area contributed by atoms with Gasteiger partial charge in [0, 0.05) is 0 Å². The second kappa shape index (κ2) is 10.2. The molecule has 0 saturated carbocycles. The highest BCUT2D eigenvalue weighted by molar-refractivity contribution is 7.42. The minimum atomic E-state index is -1.70. The lowest BCUT2D eigenvalue weighted by Crippen LogP contribution is -2.26. The molecule has 3 nitrogen and oxygen atoms in total. The van der Waals surface area contributed by atoms with Gasteiger partial charge >= 0.3 is 8.60 Å². The lowest BCUT2D eigenvalue weighted by molar-refractivity contribution is 0.0835. The second-order valence-corrected chi connectivity index (χ2v) is 7.62. The van der Waals surface area contributed by atoms with Crippen molar-refractivity contribution >= 4 is 55.0 Å². The van der Waals surface area contributed by atoms with E-state index in [1.165, 1.54) is 0 Å². The average molecular weight is 374 g/mol. The van der Waals surface area contributed by atoms with E-state index in [9.17, 15) is 0 Å². The Hall–Kier alpha value is 1.47. The van der Waals surface area contributed by atoms with Crippen LogP contribution in [-0.4, -0.2) is 28.5 Å². The maximum atomic E-state index is 6.05. The van der Waals surface area contributed by atoms with Gasteiger partial charge < -0.3 is 4.52 Å². The molecule has 0 heterocycles. The van der Waals surface area contributed by atoms with Crippen molar-refractivity contribution in [2.75, 3.05) is 18.4 Å². The Morgan fingerprint density at radius 2 is 1.42 bits per heavy atom. The Morgan fingerprint density at radius 1 is 0.947 bits per heavy atom. The van der Waals surface area contributed by atoms with Crippen LogP contribution < -0.4 is 0 Å². The maximum absolute atomic E-state index is 6.05. The van der Waals surface area contributed by atoms with Gasteiger partial charge in [-0.25, -0.2) is 0 Å². The van der Waals surface area contributed by atoms with Gasteiger partial charge in [-0.05, 0) is 20.3 Å². The largest absolute Gasteiger partial charge is 0.336 e. The van der Waals surface area contributed by atoms with Crippen LogP contribution in [0.1, 0.15) is 40.0 Å². The van der Waals surface area contributed by atoms with E-state index >= 15 is 0 Å². The molecule has 0 aliphatic heterocycles. The van der Waals surface area contributed by atoms with E-state index in [0.29, 0.717) is 6.61 Å². The molecule has 0 radical (unpaired) electrons. The summed E-state index contributed by atoms with van der Waals surface area (Å²) in [5, 5.41) is -2.12. The van der Waals surface area contributed by atoms with Gasteiger partial charge in [-0.3, -0.25) is 9.05 Å². The predicted molar refractivity (Wildman–Crippen MR) is 84.5 cm³/mol. The molecule has 2 unspecified atom stereocenters.